The number of aromatic nitrogens is 2. The molecular weight excluding hydrogens is 398 g/mol. The summed E-state index contributed by atoms with van der Waals surface area (Å²) in [7, 11) is 0. The van der Waals surface area contributed by atoms with E-state index in [1.807, 2.05) is 39.7 Å². The highest BCUT2D eigenvalue weighted by Gasteiger charge is 2.29. The number of aryl methyl sites for hydroxylation is 1. The lowest BCUT2D eigenvalue weighted by atomic mass is 10.0. The number of piperidine rings is 1. The van der Waals surface area contributed by atoms with Crippen molar-refractivity contribution in [3.05, 3.63) is 34.6 Å². The minimum atomic E-state index is 0.0709. The first-order chi connectivity index (χ1) is 14.5. The Kier molecular flexibility index (Phi) is 6.24. The fraction of sp³-hybridized carbons (Fsp3) is 0.591. The van der Waals surface area contributed by atoms with Gasteiger partial charge in [-0.25, -0.2) is 4.98 Å². The van der Waals surface area contributed by atoms with E-state index in [1.165, 1.54) is 6.42 Å². The summed E-state index contributed by atoms with van der Waals surface area (Å²) in [5.41, 5.74) is 2.70. The number of rotatable bonds is 4. The van der Waals surface area contributed by atoms with E-state index in [0.717, 1.165) is 54.6 Å². The summed E-state index contributed by atoms with van der Waals surface area (Å²) in [5, 5.41) is 2.83. The largest absolute Gasteiger partial charge is 0.339 e. The van der Waals surface area contributed by atoms with Crippen LogP contribution in [0.3, 0.4) is 0 Å². The molecule has 2 aliphatic rings. The molecule has 0 radical (unpaired) electrons. The zero-order valence-corrected chi connectivity index (χ0v) is 19.0. The highest BCUT2D eigenvalue weighted by atomic mass is 32.1. The van der Waals surface area contributed by atoms with Crippen molar-refractivity contribution in [1.82, 2.24) is 24.3 Å². The van der Waals surface area contributed by atoms with Gasteiger partial charge in [-0.3, -0.25) is 19.1 Å². The first kappa shape index (κ1) is 21.1. The molecule has 2 aliphatic heterocycles. The molecule has 4 rings (SSSR count). The quantitative estimate of drug-likeness (QED) is 0.750. The van der Waals surface area contributed by atoms with Crippen molar-refractivity contribution < 1.29 is 9.59 Å². The predicted octanol–water partition coefficient (Wildman–Crippen LogP) is 2.71. The molecule has 30 heavy (non-hydrogen) atoms. The van der Waals surface area contributed by atoms with E-state index in [1.54, 1.807) is 17.5 Å². The van der Waals surface area contributed by atoms with E-state index in [-0.39, 0.29) is 11.8 Å². The van der Waals surface area contributed by atoms with Gasteiger partial charge in [0.05, 0.1) is 12.1 Å². The second kappa shape index (κ2) is 8.89. The lowest BCUT2D eigenvalue weighted by Crippen LogP contribution is -2.53. The number of hydrogen-bond donors (Lipinski definition) is 0. The van der Waals surface area contributed by atoms with Gasteiger partial charge in [-0.1, -0.05) is 0 Å². The molecule has 2 aromatic rings. The Labute approximate surface area is 182 Å². The van der Waals surface area contributed by atoms with Crippen molar-refractivity contribution in [2.24, 2.45) is 0 Å². The van der Waals surface area contributed by atoms with Gasteiger partial charge in [-0.15, -0.1) is 11.3 Å². The molecule has 0 saturated carbocycles. The average molecular weight is 430 g/mol. The van der Waals surface area contributed by atoms with Crippen LogP contribution in [-0.4, -0.2) is 81.4 Å². The van der Waals surface area contributed by atoms with E-state index < -0.39 is 0 Å². The van der Waals surface area contributed by atoms with Crippen molar-refractivity contribution in [1.29, 1.82) is 0 Å². The third kappa shape index (κ3) is 4.16. The van der Waals surface area contributed by atoms with Crippen LogP contribution >= 0.6 is 11.3 Å². The minimum Gasteiger partial charge on any atom is -0.339 e. The summed E-state index contributed by atoms with van der Waals surface area (Å²) in [5.74, 6) is 0.301. The number of amides is 2. The Morgan fingerprint density at radius 2 is 1.90 bits per heavy atom. The molecule has 162 valence electrons. The van der Waals surface area contributed by atoms with Gasteiger partial charge in [-0.2, -0.15) is 0 Å². The van der Waals surface area contributed by atoms with Crippen molar-refractivity contribution >= 4 is 23.2 Å². The van der Waals surface area contributed by atoms with Crippen LogP contribution in [0.4, 0.5) is 0 Å². The number of thiazole rings is 1. The second-order valence-electron chi connectivity index (χ2n) is 8.44. The maximum Gasteiger partial charge on any atom is 0.255 e. The topological polar surface area (TPSA) is 61.7 Å². The summed E-state index contributed by atoms with van der Waals surface area (Å²) in [6.07, 6.45) is 5.21. The monoisotopic (exact) mass is 429 g/mol. The molecule has 0 aromatic carbocycles. The van der Waals surface area contributed by atoms with E-state index in [2.05, 4.69) is 16.8 Å². The zero-order chi connectivity index (χ0) is 21.3. The van der Waals surface area contributed by atoms with Gasteiger partial charge >= 0.3 is 0 Å². The van der Waals surface area contributed by atoms with Crippen LogP contribution in [0.1, 0.15) is 47.9 Å². The van der Waals surface area contributed by atoms with Gasteiger partial charge in [0.2, 0.25) is 5.91 Å². The summed E-state index contributed by atoms with van der Waals surface area (Å²) in [6, 6.07) is 2.31. The molecule has 4 heterocycles. The smallest absolute Gasteiger partial charge is 0.255 e. The molecule has 2 amide bonds. The fourth-order valence-corrected chi connectivity index (χ4v) is 5.38. The maximum atomic E-state index is 13.2. The third-order valence-electron chi connectivity index (χ3n) is 6.41. The summed E-state index contributed by atoms with van der Waals surface area (Å²) in [6.45, 7) is 10.3. The second-order valence-corrected chi connectivity index (χ2v) is 9.31. The first-order valence-electron chi connectivity index (χ1n) is 10.9. The number of carbonyl (C=O) groups excluding carboxylic acids is 2. The highest BCUT2D eigenvalue weighted by molar-refractivity contribution is 7.12. The molecule has 2 aromatic heterocycles. The van der Waals surface area contributed by atoms with E-state index >= 15 is 0 Å². The number of likely N-dealkylation sites (tertiary alicyclic amines) is 1. The molecule has 8 heteroatoms. The van der Waals surface area contributed by atoms with Crippen molar-refractivity contribution in [3.8, 4) is 5.13 Å². The Morgan fingerprint density at radius 3 is 2.57 bits per heavy atom. The number of nitrogens with zero attached hydrogens (tertiary/aromatic N) is 5. The molecule has 1 atom stereocenters. The Morgan fingerprint density at radius 1 is 1.13 bits per heavy atom. The number of piperazine rings is 1. The molecule has 0 aliphatic carbocycles. The van der Waals surface area contributed by atoms with Crippen LogP contribution in [0, 0.1) is 13.8 Å². The lowest BCUT2D eigenvalue weighted by Gasteiger charge is -2.38. The molecule has 1 unspecified atom stereocenters. The van der Waals surface area contributed by atoms with Gasteiger partial charge in [0.25, 0.3) is 5.91 Å². The molecular formula is C22H31N5O2S. The molecule has 0 spiro atoms. The van der Waals surface area contributed by atoms with E-state index in [9.17, 15) is 9.59 Å². The van der Waals surface area contributed by atoms with Crippen molar-refractivity contribution in [3.63, 3.8) is 0 Å². The SMILES string of the molecule is Cc1cc(C(=O)N2CCN(CC(=O)N3CCCCC3C)CC2)c(C)n1-c1nccs1. The first-order valence-corrected chi connectivity index (χ1v) is 11.7. The van der Waals surface area contributed by atoms with Crippen molar-refractivity contribution in [2.75, 3.05) is 39.3 Å². The third-order valence-corrected chi connectivity index (χ3v) is 7.17. The van der Waals surface area contributed by atoms with Crippen LogP contribution < -0.4 is 0 Å². The number of hydrogen-bond acceptors (Lipinski definition) is 5. The predicted molar refractivity (Wildman–Crippen MR) is 118 cm³/mol. The normalized spacial score (nSPS) is 20.6. The molecule has 2 saturated heterocycles. The average Bonchev–Trinajstić information content (AvgIpc) is 3.36. The Balaban J connectivity index is 1.36. The van der Waals surface area contributed by atoms with Gasteiger partial charge in [0, 0.05) is 61.7 Å². The van der Waals surface area contributed by atoms with E-state index in [0.29, 0.717) is 25.7 Å². The van der Waals surface area contributed by atoms with Crippen LogP contribution in [-0.2, 0) is 4.79 Å². The van der Waals surface area contributed by atoms with Gasteiger partial charge in [0.15, 0.2) is 5.13 Å². The van der Waals surface area contributed by atoms with Crippen LogP contribution in [0.5, 0.6) is 0 Å². The Bertz CT molecular complexity index is 899. The Hall–Kier alpha value is -2.19. The molecule has 2 fully saturated rings. The summed E-state index contributed by atoms with van der Waals surface area (Å²) < 4.78 is 2.05. The van der Waals surface area contributed by atoms with Gasteiger partial charge < -0.3 is 9.80 Å². The summed E-state index contributed by atoms with van der Waals surface area (Å²) >= 11 is 1.57. The molecule has 7 nitrogen and oxygen atoms in total. The minimum absolute atomic E-state index is 0.0709. The van der Waals surface area contributed by atoms with Crippen LogP contribution in [0.15, 0.2) is 17.6 Å². The van der Waals surface area contributed by atoms with Crippen LogP contribution in [0.2, 0.25) is 0 Å². The standard InChI is InChI=1S/C22H31N5O2S/c1-16-6-4-5-8-26(16)20(28)15-24-9-11-25(12-10-24)21(29)19-14-17(2)27(18(19)3)22-23-7-13-30-22/h7,13-14,16H,4-6,8-12,15H2,1-3H3. The van der Waals surface area contributed by atoms with Crippen molar-refractivity contribution in [2.45, 2.75) is 46.1 Å². The van der Waals surface area contributed by atoms with Gasteiger partial charge in [-0.05, 0) is 46.1 Å². The zero-order valence-electron chi connectivity index (χ0n) is 18.1. The number of carbonyl (C=O) groups is 2. The molecule has 0 N–H and O–H groups in total. The van der Waals surface area contributed by atoms with Gasteiger partial charge in [0.1, 0.15) is 0 Å². The summed E-state index contributed by atoms with van der Waals surface area (Å²) in [4.78, 5) is 36.4. The fourth-order valence-electron chi connectivity index (χ4n) is 4.63. The maximum absolute atomic E-state index is 13.2. The lowest BCUT2D eigenvalue weighted by molar-refractivity contribution is -0.136. The van der Waals surface area contributed by atoms with E-state index in [4.69, 9.17) is 0 Å². The van der Waals surface area contributed by atoms with Crippen LogP contribution in [0.25, 0.3) is 5.13 Å². The molecule has 0 bridgehead atoms. The highest BCUT2D eigenvalue weighted by Crippen LogP contribution is 2.24.